The first-order valence-electron chi connectivity index (χ1n) is 10.6. The van der Waals surface area contributed by atoms with Gasteiger partial charge in [-0.3, -0.25) is 9.89 Å². The molecule has 0 atom stereocenters. The van der Waals surface area contributed by atoms with E-state index in [2.05, 4.69) is 35.7 Å². The standard InChI is InChI=1S/C21H40N4O.HI/c1-4-6-7-8-9-14-24(3)20(22-5-2)23-19-21(12-17-26-18-13-21)25-15-10-11-16-25;/h4H,1,5-19H2,2-3H3,(H,22,23);1H. The molecular formula is C21H41IN4O. The summed E-state index contributed by atoms with van der Waals surface area (Å²) in [5, 5.41) is 3.49. The molecule has 0 aliphatic carbocycles. The molecule has 158 valence electrons. The molecule has 2 heterocycles. The van der Waals surface area contributed by atoms with E-state index in [-0.39, 0.29) is 29.5 Å². The van der Waals surface area contributed by atoms with Gasteiger partial charge in [0.1, 0.15) is 0 Å². The lowest BCUT2D eigenvalue weighted by molar-refractivity contribution is -0.0139. The number of hydrogen-bond acceptors (Lipinski definition) is 3. The Labute approximate surface area is 184 Å². The van der Waals surface area contributed by atoms with Crippen LogP contribution in [0.1, 0.15) is 58.3 Å². The molecule has 5 nitrogen and oxygen atoms in total. The third kappa shape index (κ3) is 7.89. The summed E-state index contributed by atoms with van der Waals surface area (Å²) >= 11 is 0. The number of ether oxygens (including phenoxy) is 1. The summed E-state index contributed by atoms with van der Waals surface area (Å²) in [5.41, 5.74) is 0.209. The maximum atomic E-state index is 5.66. The monoisotopic (exact) mass is 492 g/mol. The Morgan fingerprint density at radius 2 is 1.93 bits per heavy atom. The number of guanidine groups is 1. The van der Waals surface area contributed by atoms with Gasteiger partial charge in [0, 0.05) is 38.9 Å². The first kappa shape index (κ1) is 24.7. The van der Waals surface area contributed by atoms with E-state index in [1.807, 2.05) is 6.08 Å². The number of unbranched alkanes of at least 4 members (excludes halogenated alkanes) is 3. The van der Waals surface area contributed by atoms with Crippen LogP contribution in [0.25, 0.3) is 0 Å². The summed E-state index contributed by atoms with van der Waals surface area (Å²) in [6.45, 7) is 13.0. The molecule has 2 aliphatic heterocycles. The molecule has 0 radical (unpaired) electrons. The van der Waals surface area contributed by atoms with Crippen LogP contribution in [0, 0.1) is 0 Å². The van der Waals surface area contributed by atoms with E-state index in [0.717, 1.165) is 58.1 Å². The molecule has 1 N–H and O–H groups in total. The van der Waals surface area contributed by atoms with Crippen molar-refractivity contribution in [2.45, 2.75) is 63.8 Å². The maximum Gasteiger partial charge on any atom is 0.193 e. The maximum absolute atomic E-state index is 5.66. The summed E-state index contributed by atoms with van der Waals surface area (Å²) < 4.78 is 5.66. The zero-order valence-corrected chi connectivity index (χ0v) is 19.9. The molecule has 0 aromatic rings. The molecule has 6 heteroatoms. The Balaban J connectivity index is 0.00000364. The highest BCUT2D eigenvalue weighted by Crippen LogP contribution is 2.31. The van der Waals surface area contributed by atoms with Crippen molar-refractivity contribution in [3.05, 3.63) is 12.7 Å². The van der Waals surface area contributed by atoms with E-state index in [0.29, 0.717) is 0 Å². The van der Waals surface area contributed by atoms with Gasteiger partial charge in [-0.05, 0) is 65.0 Å². The number of halogens is 1. The van der Waals surface area contributed by atoms with Gasteiger partial charge in [-0.25, -0.2) is 0 Å². The van der Waals surface area contributed by atoms with Crippen molar-refractivity contribution >= 4 is 29.9 Å². The Morgan fingerprint density at radius 1 is 1.22 bits per heavy atom. The topological polar surface area (TPSA) is 40.1 Å². The third-order valence-corrected chi connectivity index (χ3v) is 5.82. The Bertz CT molecular complexity index is 432. The molecular weight excluding hydrogens is 451 g/mol. The number of allylic oxidation sites excluding steroid dienone is 1. The lowest BCUT2D eigenvalue weighted by atomic mass is 9.88. The van der Waals surface area contributed by atoms with Crippen molar-refractivity contribution in [2.75, 3.05) is 53.0 Å². The Hall–Kier alpha value is -0.340. The Kier molecular flexibility index (Phi) is 12.6. The summed E-state index contributed by atoms with van der Waals surface area (Å²) in [5.74, 6) is 1.06. The van der Waals surface area contributed by atoms with E-state index in [1.54, 1.807) is 0 Å². The van der Waals surface area contributed by atoms with Crippen LogP contribution < -0.4 is 5.32 Å². The van der Waals surface area contributed by atoms with Crippen LogP contribution in [0.4, 0.5) is 0 Å². The fourth-order valence-electron chi connectivity index (χ4n) is 4.13. The highest BCUT2D eigenvalue weighted by molar-refractivity contribution is 14.0. The molecule has 0 saturated carbocycles. The number of nitrogens with zero attached hydrogens (tertiary/aromatic N) is 3. The molecule has 27 heavy (non-hydrogen) atoms. The normalized spacial score (nSPS) is 20.1. The van der Waals surface area contributed by atoms with Crippen molar-refractivity contribution in [1.29, 1.82) is 0 Å². The van der Waals surface area contributed by atoms with Crippen molar-refractivity contribution in [3.63, 3.8) is 0 Å². The minimum Gasteiger partial charge on any atom is -0.381 e. The van der Waals surface area contributed by atoms with E-state index >= 15 is 0 Å². The quantitative estimate of drug-likeness (QED) is 0.165. The fourth-order valence-corrected chi connectivity index (χ4v) is 4.13. The SMILES string of the molecule is C=CCCCCCN(C)C(=NCC1(N2CCCC2)CCOCC1)NCC.I. The lowest BCUT2D eigenvalue weighted by Gasteiger charge is -2.43. The van der Waals surface area contributed by atoms with Gasteiger partial charge in [-0.2, -0.15) is 0 Å². The van der Waals surface area contributed by atoms with Crippen LogP contribution in [0.2, 0.25) is 0 Å². The van der Waals surface area contributed by atoms with Crippen molar-refractivity contribution in [3.8, 4) is 0 Å². The second-order valence-electron chi connectivity index (χ2n) is 7.76. The van der Waals surface area contributed by atoms with Crippen LogP contribution in [0.15, 0.2) is 17.6 Å². The number of hydrogen-bond donors (Lipinski definition) is 1. The zero-order chi connectivity index (χ0) is 18.7. The van der Waals surface area contributed by atoms with Gasteiger partial charge in [0.05, 0.1) is 6.54 Å². The van der Waals surface area contributed by atoms with Crippen molar-refractivity contribution in [1.82, 2.24) is 15.1 Å². The van der Waals surface area contributed by atoms with Crippen LogP contribution in [-0.4, -0.2) is 74.3 Å². The van der Waals surface area contributed by atoms with Gasteiger partial charge in [0.15, 0.2) is 5.96 Å². The summed E-state index contributed by atoms with van der Waals surface area (Å²) in [7, 11) is 2.17. The molecule has 2 rings (SSSR count). The minimum absolute atomic E-state index is 0. The molecule has 0 amide bonds. The second kappa shape index (κ2) is 13.8. The Morgan fingerprint density at radius 3 is 2.56 bits per heavy atom. The van der Waals surface area contributed by atoms with E-state index in [1.165, 1.54) is 45.2 Å². The van der Waals surface area contributed by atoms with Gasteiger partial charge in [-0.1, -0.05) is 12.5 Å². The van der Waals surface area contributed by atoms with Crippen LogP contribution in [0.5, 0.6) is 0 Å². The summed E-state index contributed by atoms with van der Waals surface area (Å²) in [4.78, 5) is 10.1. The van der Waals surface area contributed by atoms with Crippen molar-refractivity contribution in [2.24, 2.45) is 4.99 Å². The van der Waals surface area contributed by atoms with Gasteiger partial charge in [0.2, 0.25) is 0 Å². The highest BCUT2D eigenvalue weighted by atomic mass is 127. The minimum atomic E-state index is 0. The predicted octanol–water partition coefficient (Wildman–Crippen LogP) is 3.89. The lowest BCUT2D eigenvalue weighted by Crippen LogP contribution is -2.54. The molecule has 0 bridgehead atoms. The van der Waals surface area contributed by atoms with Gasteiger partial charge >= 0.3 is 0 Å². The number of rotatable bonds is 10. The van der Waals surface area contributed by atoms with Crippen LogP contribution in [0.3, 0.4) is 0 Å². The molecule has 0 unspecified atom stereocenters. The predicted molar refractivity (Wildman–Crippen MR) is 126 cm³/mol. The van der Waals surface area contributed by atoms with Crippen LogP contribution in [-0.2, 0) is 4.74 Å². The molecule has 0 aromatic carbocycles. The molecule has 2 saturated heterocycles. The first-order valence-corrected chi connectivity index (χ1v) is 10.6. The third-order valence-electron chi connectivity index (χ3n) is 5.82. The molecule has 2 aliphatic rings. The van der Waals surface area contributed by atoms with Crippen LogP contribution >= 0.6 is 24.0 Å². The van der Waals surface area contributed by atoms with Gasteiger partial charge < -0.3 is 15.0 Å². The molecule has 0 aromatic heterocycles. The van der Waals surface area contributed by atoms with Gasteiger partial charge in [0.25, 0.3) is 0 Å². The zero-order valence-electron chi connectivity index (χ0n) is 17.5. The summed E-state index contributed by atoms with van der Waals surface area (Å²) in [6, 6.07) is 0. The second-order valence-corrected chi connectivity index (χ2v) is 7.76. The average molecular weight is 492 g/mol. The highest BCUT2D eigenvalue weighted by Gasteiger charge is 2.39. The molecule has 2 fully saturated rings. The smallest absolute Gasteiger partial charge is 0.193 e. The number of likely N-dealkylation sites (tertiary alicyclic amines) is 1. The van der Waals surface area contributed by atoms with Crippen molar-refractivity contribution < 1.29 is 4.74 Å². The van der Waals surface area contributed by atoms with E-state index < -0.39 is 0 Å². The first-order chi connectivity index (χ1) is 12.7. The number of aliphatic imine (C=N–C) groups is 1. The molecule has 0 spiro atoms. The fraction of sp³-hybridized carbons (Fsp3) is 0.857. The van der Waals surface area contributed by atoms with E-state index in [4.69, 9.17) is 9.73 Å². The number of nitrogens with one attached hydrogen (secondary N) is 1. The average Bonchev–Trinajstić information content (AvgIpc) is 3.21. The van der Waals surface area contributed by atoms with Gasteiger partial charge in [-0.15, -0.1) is 30.6 Å². The largest absolute Gasteiger partial charge is 0.381 e. The van der Waals surface area contributed by atoms with E-state index in [9.17, 15) is 0 Å². The summed E-state index contributed by atoms with van der Waals surface area (Å²) in [6.07, 6.45) is 11.7.